The maximum Gasteiger partial charge on any atom is 0.247 e. The van der Waals surface area contributed by atoms with Crippen LogP contribution < -0.4 is 4.67 Å². The van der Waals surface area contributed by atoms with Gasteiger partial charge in [0.25, 0.3) is 0 Å². The van der Waals surface area contributed by atoms with Crippen molar-refractivity contribution in [3.05, 3.63) is 27.9 Å². The molecule has 0 radical (unpaired) electrons. The zero-order valence-corrected chi connectivity index (χ0v) is 19.3. The molecule has 160 valence electrons. The minimum atomic E-state index is -0.121. The second-order valence-corrected chi connectivity index (χ2v) is 8.95. The number of rotatable bonds is 12. The highest BCUT2D eigenvalue weighted by Gasteiger charge is 2.14. The van der Waals surface area contributed by atoms with Crippen LogP contribution in [0, 0.1) is 0 Å². The van der Waals surface area contributed by atoms with Gasteiger partial charge >= 0.3 is 0 Å². The highest BCUT2D eigenvalue weighted by atomic mass is 35.5. The molecule has 0 bridgehead atoms. The molecule has 0 atom stereocenters. The second-order valence-electron chi connectivity index (χ2n) is 7.58. The van der Waals surface area contributed by atoms with Crippen LogP contribution in [0.2, 0.25) is 5.02 Å². The van der Waals surface area contributed by atoms with E-state index in [2.05, 4.69) is 18.8 Å². The predicted molar refractivity (Wildman–Crippen MR) is 123 cm³/mol. The topological polar surface area (TPSA) is 51.4 Å². The van der Waals surface area contributed by atoms with E-state index in [1.54, 1.807) is 16.1 Å². The summed E-state index contributed by atoms with van der Waals surface area (Å²) in [6.45, 7) is 4.36. The SMILES string of the molecule is CCCCCCCC(=O)N=c1sn(C(=O)CCCCCCC)c2ccc(Cl)cc12. The summed E-state index contributed by atoms with van der Waals surface area (Å²) in [6, 6.07) is 5.42. The molecule has 2 aromatic rings. The Morgan fingerprint density at radius 1 is 0.931 bits per heavy atom. The van der Waals surface area contributed by atoms with E-state index in [4.69, 9.17) is 11.6 Å². The van der Waals surface area contributed by atoms with Crippen molar-refractivity contribution >= 4 is 45.9 Å². The lowest BCUT2D eigenvalue weighted by Crippen LogP contribution is -2.07. The van der Waals surface area contributed by atoms with E-state index < -0.39 is 0 Å². The van der Waals surface area contributed by atoms with Crippen LogP contribution in [0.1, 0.15) is 95.7 Å². The van der Waals surface area contributed by atoms with Crippen molar-refractivity contribution < 1.29 is 9.59 Å². The van der Waals surface area contributed by atoms with Crippen LogP contribution in [0.4, 0.5) is 0 Å². The Morgan fingerprint density at radius 2 is 1.55 bits per heavy atom. The fourth-order valence-corrected chi connectivity index (χ4v) is 4.54. The van der Waals surface area contributed by atoms with E-state index in [0.717, 1.165) is 43.0 Å². The van der Waals surface area contributed by atoms with Gasteiger partial charge in [-0.3, -0.25) is 9.59 Å². The fraction of sp³-hybridized carbons (Fsp3) is 0.609. The quantitative estimate of drug-likeness (QED) is 0.332. The van der Waals surface area contributed by atoms with E-state index >= 15 is 0 Å². The summed E-state index contributed by atoms with van der Waals surface area (Å²) in [5.74, 6) is -0.0592. The number of halogens is 1. The largest absolute Gasteiger partial charge is 0.273 e. The molecule has 0 N–H and O–H groups in total. The van der Waals surface area contributed by atoms with Gasteiger partial charge in [-0.15, -0.1) is 0 Å². The highest BCUT2D eigenvalue weighted by Crippen LogP contribution is 2.21. The second kappa shape index (κ2) is 13.0. The molecule has 2 rings (SSSR count). The number of hydrogen-bond acceptors (Lipinski definition) is 3. The van der Waals surface area contributed by atoms with E-state index in [1.165, 1.54) is 43.6 Å². The smallest absolute Gasteiger partial charge is 0.247 e. The standard InChI is InChI=1S/C23H33ClN2O2S/c1-3-5-7-9-11-13-21(27)25-23-19-17-18(24)15-16-20(19)26(29-23)22(28)14-12-10-8-6-4-2/h15-17H,3-14H2,1-2H3. The number of unbranched alkanes of at least 4 members (excludes halogenated alkanes) is 8. The minimum absolute atomic E-state index is 0.0623. The molecule has 0 spiro atoms. The van der Waals surface area contributed by atoms with Crippen LogP contribution in [0.15, 0.2) is 23.2 Å². The number of carbonyl (C=O) groups excluding carboxylic acids is 2. The Morgan fingerprint density at radius 3 is 2.21 bits per heavy atom. The molecule has 0 saturated carbocycles. The molecular weight excluding hydrogens is 404 g/mol. The van der Waals surface area contributed by atoms with Gasteiger partial charge < -0.3 is 0 Å². The van der Waals surface area contributed by atoms with Crippen LogP contribution in [0.3, 0.4) is 0 Å². The summed E-state index contributed by atoms with van der Waals surface area (Å²) in [4.78, 5) is 29.4. The van der Waals surface area contributed by atoms with Crippen molar-refractivity contribution in [1.29, 1.82) is 0 Å². The van der Waals surface area contributed by atoms with Gasteiger partial charge in [-0.25, -0.2) is 8.95 Å². The molecule has 0 aliphatic heterocycles. The van der Waals surface area contributed by atoms with Crippen molar-refractivity contribution in [2.45, 2.75) is 90.9 Å². The Balaban J connectivity index is 2.13. The average molecular weight is 437 g/mol. The zero-order chi connectivity index (χ0) is 21.1. The summed E-state index contributed by atoms with van der Waals surface area (Å²) < 4.78 is 2.26. The third kappa shape index (κ3) is 7.71. The van der Waals surface area contributed by atoms with Gasteiger partial charge in [0.05, 0.1) is 5.52 Å². The van der Waals surface area contributed by atoms with Crippen LogP contribution >= 0.6 is 23.1 Å². The van der Waals surface area contributed by atoms with Crippen molar-refractivity contribution in [3.63, 3.8) is 0 Å². The van der Waals surface area contributed by atoms with Gasteiger partial charge in [0.2, 0.25) is 11.8 Å². The lowest BCUT2D eigenvalue weighted by atomic mass is 10.1. The van der Waals surface area contributed by atoms with Gasteiger partial charge in [-0.1, -0.05) is 76.8 Å². The number of carbonyl (C=O) groups is 2. The zero-order valence-electron chi connectivity index (χ0n) is 17.7. The van der Waals surface area contributed by atoms with E-state index in [9.17, 15) is 9.59 Å². The Kier molecular flexibility index (Phi) is 10.6. The Bertz CT molecular complexity index is 869. The van der Waals surface area contributed by atoms with E-state index in [-0.39, 0.29) is 11.8 Å². The summed E-state index contributed by atoms with van der Waals surface area (Å²) in [5, 5.41) is 1.36. The molecule has 4 nitrogen and oxygen atoms in total. The third-order valence-electron chi connectivity index (χ3n) is 5.03. The average Bonchev–Trinajstić information content (AvgIpc) is 3.05. The first-order valence-electron chi connectivity index (χ1n) is 11.0. The number of benzene rings is 1. The molecule has 29 heavy (non-hydrogen) atoms. The first-order chi connectivity index (χ1) is 14.1. The van der Waals surface area contributed by atoms with Crippen molar-refractivity contribution in [1.82, 2.24) is 3.96 Å². The lowest BCUT2D eigenvalue weighted by Gasteiger charge is -2.03. The molecule has 0 fully saturated rings. The van der Waals surface area contributed by atoms with Crippen LogP contribution in [0.25, 0.3) is 10.9 Å². The summed E-state index contributed by atoms with van der Waals surface area (Å²) in [5.41, 5.74) is 0.785. The molecule has 1 heterocycles. The van der Waals surface area contributed by atoms with Crippen molar-refractivity contribution in [2.24, 2.45) is 4.99 Å². The maximum atomic E-state index is 12.8. The highest BCUT2D eigenvalue weighted by molar-refractivity contribution is 7.06. The molecule has 6 heteroatoms. The molecule has 0 aliphatic rings. The number of aromatic nitrogens is 1. The van der Waals surface area contributed by atoms with Crippen LogP contribution in [-0.2, 0) is 4.79 Å². The third-order valence-corrected chi connectivity index (χ3v) is 6.33. The van der Waals surface area contributed by atoms with E-state index in [0.29, 0.717) is 22.5 Å². The summed E-state index contributed by atoms with van der Waals surface area (Å²) >= 11 is 7.42. The number of nitrogens with zero attached hydrogens (tertiary/aromatic N) is 2. The van der Waals surface area contributed by atoms with Crippen LogP contribution in [0.5, 0.6) is 0 Å². The number of amides is 1. The summed E-state index contributed by atoms with van der Waals surface area (Å²) in [6.07, 6.45) is 12.0. The van der Waals surface area contributed by atoms with Gasteiger partial charge in [-0.05, 0) is 42.6 Å². The van der Waals surface area contributed by atoms with Crippen molar-refractivity contribution in [3.8, 4) is 0 Å². The normalized spacial score (nSPS) is 12.0. The molecular formula is C23H33ClN2O2S. The minimum Gasteiger partial charge on any atom is -0.273 e. The summed E-state index contributed by atoms with van der Waals surface area (Å²) in [7, 11) is 0. The molecule has 0 saturated heterocycles. The first-order valence-corrected chi connectivity index (χ1v) is 12.1. The van der Waals surface area contributed by atoms with Crippen LogP contribution in [-0.4, -0.2) is 15.8 Å². The van der Waals surface area contributed by atoms with Crippen molar-refractivity contribution in [2.75, 3.05) is 0 Å². The first kappa shape index (κ1) is 23.8. The van der Waals surface area contributed by atoms with Gasteiger partial charge in [-0.2, -0.15) is 0 Å². The molecule has 1 aromatic carbocycles. The Hall–Kier alpha value is -1.46. The van der Waals surface area contributed by atoms with E-state index in [1.807, 2.05) is 6.07 Å². The molecule has 1 aromatic heterocycles. The number of hydrogen-bond donors (Lipinski definition) is 0. The van der Waals surface area contributed by atoms with Gasteiger partial charge in [0.1, 0.15) is 4.67 Å². The molecule has 0 unspecified atom stereocenters. The molecule has 1 amide bonds. The molecule has 0 aliphatic carbocycles. The predicted octanol–water partition coefficient (Wildman–Crippen LogP) is 7.14. The lowest BCUT2D eigenvalue weighted by molar-refractivity contribution is -0.118. The number of fused-ring (bicyclic) bond motifs is 1. The monoisotopic (exact) mass is 436 g/mol. The Labute approximate surface area is 183 Å². The van der Waals surface area contributed by atoms with Gasteiger partial charge in [0.15, 0.2) is 0 Å². The van der Waals surface area contributed by atoms with Gasteiger partial charge in [0, 0.05) is 23.3 Å². The fourth-order valence-electron chi connectivity index (χ4n) is 3.34. The maximum absolute atomic E-state index is 12.8.